The van der Waals surface area contributed by atoms with E-state index < -0.39 is 56.0 Å². The number of nitrogens with two attached hydrogens (primary N) is 1. The summed E-state index contributed by atoms with van der Waals surface area (Å²) >= 11 is 0. The summed E-state index contributed by atoms with van der Waals surface area (Å²) < 4.78 is 37.3. The molecule has 2 rings (SSSR count). The summed E-state index contributed by atoms with van der Waals surface area (Å²) in [6.45, 7) is 1.12. The molecule has 336 valence electrons. The lowest BCUT2D eigenvalue weighted by atomic mass is 10.0. The van der Waals surface area contributed by atoms with Crippen LogP contribution in [0.2, 0.25) is 0 Å². The Labute approximate surface area is 347 Å². The number of carbonyl (C=O) groups excluding carboxylic acids is 2. The number of aliphatic carboxylic acids is 1. The van der Waals surface area contributed by atoms with Gasteiger partial charge in [-0.25, -0.2) is 9.19 Å². The minimum atomic E-state index is -4.75. The molecule has 5 N–H and O–H groups in total. The van der Waals surface area contributed by atoms with Crippen molar-refractivity contribution in [1.29, 1.82) is 0 Å². The third kappa shape index (κ3) is 24.2. The van der Waals surface area contributed by atoms with Crippen molar-refractivity contribution >= 4 is 48.1 Å². The molecule has 0 fully saturated rings. The molecule has 0 spiro atoms. The van der Waals surface area contributed by atoms with Gasteiger partial charge in [-0.05, 0) is 35.6 Å². The molecule has 1 heterocycles. The summed E-state index contributed by atoms with van der Waals surface area (Å²) in [7, 11) is -4.75. The number of unbranched alkanes of at least 4 members (excludes halogenated alkanes) is 20. The summed E-state index contributed by atoms with van der Waals surface area (Å²) in [5, 5.41) is 30.7. The van der Waals surface area contributed by atoms with Crippen LogP contribution < -0.4 is 11.1 Å². The number of hydrogen-bond acceptors (Lipinski definition) is 15. The number of nitro benzene ring substituents is 1. The van der Waals surface area contributed by atoms with Crippen molar-refractivity contribution in [3.63, 3.8) is 0 Å². The van der Waals surface area contributed by atoms with Crippen LogP contribution in [-0.4, -0.2) is 81.7 Å². The average Bonchev–Trinajstić information content (AvgIpc) is 3.70. The maximum atomic E-state index is 12.7. The number of phosphoric ester groups is 1. The van der Waals surface area contributed by atoms with Gasteiger partial charge < -0.3 is 30.5 Å². The molecule has 0 radical (unpaired) electrons. The van der Waals surface area contributed by atoms with E-state index in [9.17, 15) is 34.0 Å². The second-order valence-electron chi connectivity index (χ2n) is 15.0. The Morgan fingerprint density at radius 3 is 1.80 bits per heavy atom. The SMILES string of the molecule is CCCCCCCCCCCCCCCC(=O)OC[C@@H](COP(=O)(O)OC[C@H](N)C(=O)O)OC(=O)CCCCCCCCCCCNc1ccc([N+](=O)[O-])c2nonc12. The molecule has 0 amide bonds. The third-order valence-electron chi connectivity index (χ3n) is 9.83. The molecule has 0 aliphatic heterocycles. The fraction of sp³-hybridized carbons (Fsp3) is 0.775. The maximum Gasteiger partial charge on any atom is 0.472 e. The van der Waals surface area contributed by atoms with Crippen molar-refractivity contribution in [2.45, 2.75) is 173 Å². The van der Waals surface area contributed by atoms with Crippen molar-refractivity contribution in [3.8, 4) is 0 Å². The fourth-order valence-electron chi connectivity index (χ4n) is 6.36. The van der Waals surface area contributed by atoms with Crippen molar-refractivity contribution in [2.24, 2.45) is 5.73 Å². The molecule has 1 aromatic heterocycles. The number of ether oxygens (including phenoxy) is 2. The van der Waals surface area contributed by atoms with Gasteiger partial charge in [0.1, 0.15) is 12.6 Å². The number of aromatic nitrogens is 2. The Hall–Kier alpha value is -3.70. The van der Waals surface area contributed by atoms with Crippen molar-refractivity contribution in [3.05, 3.63) is 22.2 Å². The standard InChI is InChI=1S/C40H68N5O13P/c1-2-3-4-5-6-7-8-9-10-12-15-18-21-24-36(46)54-29-32(30-55-59(52,53)56-31-33(41)40(48)49)57-37(47)25-22-19-16-13-11-14-17-20-23-28-42-34-26-27-35(45(50)51)39-38(34)43-58-44-39/h26-27,32-33,42H,2-25,28-31,41H2,1H3,(H,48,49)(H,52,53)/t32-,33-/m0/s1. The van der Waals surface area contributed by atoms with Crippen LogP contribution in [0.5, 0.6) is 0 Å². The van der Waals surface area contributed by atoms with Crippen LogP contribution in [-0.2, 0) is 37.5 Å². The van der Waals surface area contributed by atoms with Gasteiger partial charge in [0.15, 0.2) is 11.6 Å². The first kappa shape index (κ1) is 51.4. The molecular formula is C40H68N5O13P. The molecule has 0 bridgehead atoms. The van der Waals surface area contributed by atoms with Gasteiger partial charge in [-0.3, -0.25) is 33.5 Å². The van der Waals surface area contributed by atoms with Crippen LogP contribution in [0.15, 0.2) is 16.8 Å². The largest absolute Gasteiger partial charge is 0.480 e. The molecule has 2 aromatic rings. The summed E-state index contributed by atoms with van der Waals surface area (Å²) in [4.78, 5) is 56.6. The zero-order valence-electron chi connectivity index (χ0n) is 34.9. The van der Waals surface area contributed by atoms with E-state index in [4.69, 9.17) is 29.5 Å². The van der Waals surface area contributed by atoms with Gasteiger partial charge in [-0.2, -0.15) is 0 Å². The van der Waals surface area contributed by atoms with Crippen LogP contribution in [0.4, 0.5) is 11.4 Å². The van der Waals surface area contributed by atoms with E-state index in [1.54, 1.807) is 6.07 Å². The highest BCUT2D eigenvalue weighted by molar-refractivity contribution is 7.47. The number of phosphoric acid groups is 1. The number of carboxylic acids is 1. The lowest BCUT2D eigenvalue weighted by Crippen LogP contribution is -2.34. The lowest BCUT2D eigenvalue weighted by Gasteiger charge is -2.20. The number of hydrogen-bond donors (Lipinski definition) is 4. The molecule has 0 saturated carbocycles. The fourth-order valence-corrected chi connectivity index (χ4v) is 7.14. The summed E-state index contributed by atoms with van der Waals surface area (Å²) in [6.07, 6.45) is 22.8. The summed E-state index contributed by atoms with van der Waals surface area (Å²) in [5.41, 5.74) is 6.26. The van der Waals surface area contributed by atoms with E-state index in [2.05, 4.69) is 27.1 Å². The minimum Gasteiger partial charge on any atom is -0.480 e. The van der Waals surface area contributed by atoms with Crippen LogP contribution in [0.3, 0.4) is 0 Å². The second-order valence-corrected chi connectivity index (χ2v) is 16.5. The number of nitrogens with one attached hydrogen (secondary N) is 1. The van der Waals surface area contributed by atoms with Gasteiger partial charge in [-0.15, -0.1) is 0 Å². The molecule has 0 aliphatic carbocycles. The van der Waals surface area contributed by atoms with E-state index in [1.807, 2.05) is 0 Å². The van der Waals surface area contributed by atoms with E-state index in [0.29, 0.717) is 30.6 Å². The zero-order valence-corrected chi connectivity index (χ0v) is 35.8. The number of carboxylic acid groups (broad SMARTS) is 1. The van der Waals surface area contributed by atoms with Gasteiger partial charge >= 0.3 is 31.4 Å². The minimum absolute atomic E-state index is 0.0998. The zero-order chi connectivity index (χ0) is 43.1. The monoisotopic (exact) mass is 857 g/mol. The van der Waals surface area contributed by atoms with E-state index >= 15 is 0 Å². The molecule has 3 atom stereocenters. The molecule has 19 heteroatoms. The first-order valence-electron chi connectivity index (χ1n) is 21.5. The predicted molar refractivity (Wildman–Crippen MR) is 222 cm³/mol. The number of nitro groups is 1. The highest BCUT2D eigenvalue weighted by atomic mass is 31.2. The second kappa shape index (κ2) is 31.2. The number of nitrogens with zero attached hydrogens (tertiary/aromatic N) is 3. The molecule has 18 nitrogen and oxygen atoms in total. The predicted octanol–water partition coefficient (Wildman–Crippen LogP) is 8.93. The molecule has 59 heavy (non-hydrogen) atoms. The lowest BCUT2D eigenvalue weighted by molar-refractivity contribution is -0.383. The van der Waals surface area contributed by atoms with Gasteiger partial charge in [0, 0.05) is 25.5 Å². The molecule has 0 saturated heterocycles. The summed E-state index contributed by atoms with van der Waals surface area (Å²) in [5.74, 6) is -2.48. The number of anilines is 1. The van der Waals surface area contributed by atoms with Gasteiger partial charge in [-0.1, -0.05) is 129 Å². The van der Waals surface area contributed by atoms with Gasteiger partial charge in [0.2, 0.25) is 5.52 Å². The molecule has 1 aromatic carbocycles. The van der Waals surface area contributed by atoms with E-state index in [0.717, 1.165) is 70.6 Å². The van der Waals surface area contributed by atoms with Gasteiger partial charge in [0.05, 0.1) is 23.8 Å². The molecular weight excluding hydrogens is 789 g/mol. The van der Waals surface area contributed by atoms with Crippen LogP contribution in [0, 0.1) is 10.1 Å². The van der Waals surface area contributed by atoms with Crippen molar-refractivity contribution in [2.75, 3.05) is 31.7 Å². The van der Waals surface area contributed by atoms with Gasteiger partial charge in [0.25, 0.3) is 0 Å². The highest BCUT2D eigenvalue weighted by Gasteiger charge is 2.28. The van der Waals surface area contributed by atoms with Crippen molar-refractivity contribution < 1.29 is 57.0 Å². The van der Waals surface area contributed by atoms with Crippen LogP contribution in [0.25, 0.3) is 11.0 Å². The topological polar surface area (TPSA) is 266 Å². The molecule has 1 unspecified atom stereocenters. The third-order valence-corrected chi connectivity index (χ3v) is 10.8. The average molecular weight is 858 g/mol. The highest BCUT2D eigenvalue weighted by Crippen LogP contribution is 2.43. The first-order chi connectivity index (χ1) is 28.4. The molecule has 0 aliphatic rings. The number of carbonyl (C=O) groups is 3. The number of esters is 2. The first-order valence-corrected chi connectivity index (χ1v) is 23.0. The Morgan fingerprint density at radius 2 is 1.25 bits per heavy atom. The number of benzene rings is 1. The number of fused-ring (bicyclic) bond motifs is 1. The van der Waals surface area contributed by atoms with Crippen molar-refractivity contribution in [1.82, 2.24) is 10.3 Å². The Bertz CT molecular complexity index is 1540. The number of non-ortho nitro benzene ring substituents is 1. The van der Waals surface area contributed by atoms with Crippen LogP contribution >= 0.6 is 7.82 Å². The quantitative estimate of drug-likeness (QED) is 0.0161. The van der Waals surface area contributed by atoms with E-state index in [1.165, 1.54) is 63.9 Å². The van der Waals surface area contributed by atoms with E-state index in [-0.39, 0.29) is 30.7 Å². The Morgan fingerprint density at radius 1 is 0.763 bits per heavy atom. The summed E-state index contributed by atoms with van der Waals surface area (Å²) in [6, 6.07) is 1.44. The van der Waals surface area contributed by atoms with Crippen LogP contribution in [0.1, 0.15) is 161 Å². The smallest absolute Gasteiger partial charge is 0.472 e. The Kier molecular flexibility index (Phi) is 27.2. The normalized spacial score (nSPS) is 13.5. The Balaban J connectivity index is 1.60. The maximum absolute atomic E-state index is 12.7. The number of rotatable bonds is 38.